The molecule has 0 aromatic heterocycles. The molecule has 0 radical (unpaired) electrons. The van der Waals surface area contributed by atoms with E-state index >= 15 is 0 Å². The molecule has 3 aromatic rings. The first kappa shape index (κ1) is 15.1. The Morgan fingerprint density at radius 3 is 1.59 bits per heavy atom. The summed E-state index contributed by atoms with van der Waals surface area (Å²) in [5.41, 5.74) is 1.51. The molecule has 0 heterocycles. The summed E-state index contributed by atoms with van der Waals surface area (Å²) in [6, 6.07) is 20.0. The number of nitrogens with zero attached hydrogens (tertiary/aromatic N) is 1. The normalized spacial score (nSPS) is 12.1. The SMILES string of the molecule is CC[N+](CC)(CC)Cc1c2ccccc2cc2ccccc12. The van der Waals surface area contributed by atoms with Crippen LogP contribution in [0.1, 0.15) is 26.3 Å². The van der Waals surface area contributed by atoms with E-state index in [9.17, 15) is 0 Å². The number of rotatable bonds is 5. The van der Waals surface area contributed by atoms with Crippen LogP contribution in [0, 0.1) is 0 Å². The number of fused-ring (bicyclic) bond motifs is 2. The number of benzene rings is 3. The average molecular weight is 292 g/mol. The van der Waals surface area contributed by atoms with Crippen LogP contribution in [-0.4, -0.2) is 24.1 Å². The van der Waals surface area contributed by atoms with Crippen molar-refractivity contribution in [3.05, 3.63) is 60.2 Å². The zero-order valence-electron chi connectivity index (χ0n) is 14.0. The predicted octanol–water partition coefficient (Wildman–Crippen LogP) is 5.37. The third kappa shape index (κ3) is 2.50. The predicted molar refractivity (Wildman–Crippen MR) is 97.0 cm³/mol. The van der Waals surface area contributed by atoms with Crippen molar-refractivity contribution in [3.8, 4) is 0 Å². The van der Waals surface area contributed by atoms with E-state index in [4.69, 9.17) is 0 Å². The van der Waals surface area contributed by atoms with Crippen molar-refractivity contribution in [1.29, 1.82) is 0 Å². The first-order chi connectivity index (χ1) is 10.7. The molecule has 0 aliphatic carbocycles. The topological polar surface area (TPSA) is 0 Å². The van der Waals surface area contributed by atoms with Crippen molar-refractivity contribution in [2.45, 2.75) is 27.3 Å². The maximum absolute atomic E-state index is 2.33. The first-order valence-electron chi connectivity index (χ1n) is 8.47. The summed E-state index contributed by atoms with van der Waals surface area (Å²) in [7, 11) is 0. The van der Waals surface area contributed by atoms with E-state index in [1.165, 1.54) is 46.7 Å². The average Bonchev–Trinajstić information content (AvgIpc) is 2.59. The van der Waals surface area contributed by atoms with Crippen LogP contribution in [0.15, 0.2) is 54.6 Å². The van der Waals surface area contributed by atoms with Gasteiger partial charge in [-0.15, -0.1) is 0 Å². The molecule has 0 saturated heterocycles. The minimum Gasteiger partial charge on any atom is -0.321 e. The van der Waals surface area contributed by atoms with Crippen molar-refractivity contribution >= 4 is 21.5 Å². The summed E-state index contributed by atoms with van der Waals surface area (Å²) >= 11 is 0. The number of quaternary nitrogens is 1. The van der Waals surface area contributed by atoms with Crippen LogP contribution in [-0.2, 0) is 6.54 Å². The minimum absolute atomic E-state index is 1.12. The molecular weight excluding hydrogens is 266 g/mol. The van der Waals surface area contributed by atoms with Gasteiger partial charge in [-0.25, -0.2) is 0 Å². The van der Waals surface area contributed by atoms with Crippen molar-refractivity contribution in [3.63, 3.8) is 0 Å². The van der Waals surface area contributed by atoms with E-state index in [-0.39, 0.29) is 0 Å². The molecule has 0 aliphatic rings. The molecule has 22 heavy (non-hydrogen) atoms. The van der Waals surface area contributed by atoms with Crippen LogP contribution in [0.2, 0.25) is 0 Å². The van der Waals surface area contributed by atoms with Crippen LogP contribution in [0.4, 0.5) is 0 Å². The first-order valence-corrected chi connectivity index (χ1v) is 8.47. The molecule has 0 atom stereocenters. The van der Waals surface area contributed by atoms with Crippen molar-refractivity contribution in [1.82, 2.24) is 0 Å². The lowest BCUT2D eigenvalue weighted by Gasteiger charge is -2.36. The lowest BCUT2D eigenvalue weighted by molar-refractivity contribution is -0.935. The highest BCUT2D eigenvalue weighted by Crippen LogP contribution is 2.31. The quantitative estimate of drug-likeness (QED) is 0.438. The van der Waals surface area contributed by atoms with E-state index in [1.54, 1.807) is 0 Å². The van der Waals surface area contributed by atoms with Crippen LogP contribution in [0.25, 0.3) is 21.5 Å². The second-order valence-corrected chi connectivity index (χ2v) is 6.25. The van der Waals surface area contributed by atoms with Gasteiger partial charge in [0.2, 0.25) is 0 Å². The van der Waals surface area contributed by atoms with Gasteiger partial charge in [-0.3, -0.25) is 0 Å². The van der Waals surface area contributed by atoms with Gasteiger partial charge >= 0.3 is 0 Å². The molecule has 114 valence electrons. The Balaban J connectivity index is 2.28. The monoisotopic (exact) mass is 292 g/mol. The van der Waals surface area contributed by atoms with Crippen LogP contribution in [0.3, 0.4) is 0 Å². The molecule has 0 spiro atoms. The lowest BCUT2D eigenvalue weighted by Crippen LogP contribution is -2.46. The zero-order valence-corrected chi connectivity index (χ0v) is 14.0. The summed E-state index contributed by atoms with van der Waals surface area (Å²) in [4.78, 5) is 0. The zero-order chi connectivity index (χ0) is 15.6. The third-order valence-corrected chi connectivity index (χ3v) is 5.39. The Hall–Kier alpha value is -1.86. The second kappa shape index (κ2) is 6.10. The van der Waals surface area contributed by atoms with Gasteiger partial charge in [0.1, 0.15) is 6.54 Å². The van der Waals surface area contributed by atoms with Gasteiger partial charge in [0.05, 0.1) is 19.6 Å². The van der Waals surface area contributed by atoms with Crippen LogP contribution in [0.5, 0.6) is 0 Å². The van der Waals surface area contributed by atoms with Gasteiger partial charge in [-0.2, -0.15) is 0 Å². The maximum atomic E-state index is 2.33. The Kier molecular flexibility index (Phi) is 4.17. The number of hydrogen-bond donors (Lipinski definition) is 0. The molecule has 3 rings (SSSR count). The summed E-state index contributed by atoms with van der Waals surface area (Å²) in [6.45, 7) is 11.6. The molecular formula is C21H26N+. The van der Waals surface area contributed by atoms with Gasteiger partial charge < -0.3 is 4.48 Å². The van der Waals surface area contributed by atoms with E-state index in [0.717, 1.165) is 11.0 Å². The van der Waals surface area contributed by atoms with Crippen molar-refractivity contribution in [2.24, 2.45) is 0 Å². The van der Waals surface area contributed by atoms with Crippen molar-refractivity contribution in [2.75, 3.05) is 19.6 Å². The summed E-state index contributed by atoms with van der Waals surface area (Å²) in [5.74, 6) is 0. The molecule has 3 aromatic carbocycles. The Morgan fingerprint density at radius 1 is 0.682 bits per heavy atom. The standard InChI is InChI=1S/C21H26N/c1-4-22(5-2,6-3)16-21-19-13-9-7-11-17(19)15-18-12-8-10-14-20(18)21/h7-15H,4-6,16H2,1-3H3/q+1. The van der Waals surface area contributed by atoms with Gasteiger partial charge in [-0.05, 0) is 48.4 Å². The number of hydrogen-bond acceptors (Lipinski definition) is 0. The fourth-order valence-corrected chi connectivity index (χ4v) is 3.62. The molecule has 0 unspecified atom stereocenters. The van der Waals surface area contributed by atoms with E-state index in [0.29, 0.717) is 0 Å². The Morgan fingerprint density at radius 2 is 1.14 bits per heavy atom. The van der Waals surface area contributed by atoms with Crippen LogP contribution >= 0.6 is 0 Å². The largest absolute Gasteiger partial charge is 0.321 e. The smallest absolute Gasteiger partial charge is 0.106 e. The highest BCUT2D eigenvalue weighted by molar-refractivity contribution is 6.02. The summed E-state index contributed by atoms with van der Waals surface area (Å²) < 4.78 is 1.15. The van der Waals surface area contributed by atoms with Crippen molar-refractivity contribution < 1.29 is 4.48 Å². The molecule has 0 bridgehead atoms. The molecule has 0 N–H and O–H groups in total. The van der Waals surface area contributed by atoms with Crippen LogP contribution < -0.4 is 0 Å². The molecule has 0 aliphatic heterocycles. The fraction of sp³-hybridized carbons (Fsp3) is 0.333. The molecule has 0 fully saturated rings. The van der Waals surface area contributed by atoms with Gasteiger partial charge in [0.25, 0.3) is 0 Å². The maximum Gasteiger partial charge on any atom is 0.106 e. The van der Waals surface area contributed by atoms with E-state index in [2.05, 4.69) is 75.4 Å². The lowest BCUT2D eigenvalue weighted by atomic mass is 9.96. The van der Waals surface area contributed by atoms with Gasteiger partial charge in [0, 0.05) is 5.56 Å². The summed E-state index contributed by atoms with van der Waals surface area (Å²) in [6.07, 6.45) is 0. The van der Waals surface area contributed by atoms with E-state index in [1.807, 2.05) is 0 Å². The Labute approximate surface area is 133 Å². The minimum atomic E-state index is 1.12. The van der Waals surface area contributed by atoms with Gasteiger partial charge in [-0.1, -0.05) is 48.5 Å². The van der Waals surface area contributed by atoms with E-state index < -0.39 is 0 Å². The highest BCUT2D eigenvalue weighted by Gasteiger charge is 2.23. The summed E-state index contributed by atoms with van der Waals surface area (Å²) in [5, 5.41) is 5.55. The Bertz CT molecular complexity index is 722. The fourth-order valence-electron chi connectivity index (χ4n) is 3.62. The van der Waals surface area contributed by atoms with Gasteiger partial charge in [0.15, 0.2) is 0 Å². The highest BCUT2D eigenvalue weighted by atomic mass is 15.3. The molecule has 1 nitrogen and oxygen atoms in total. The second-order valence-electron chi connectivity index (χ2n) is 6.25. The molecule has 0 amide bonds. The molecule has 0 saturated carbocycles. The molecule has 1 heteroatoms. The third-order valence-electron chi connectivity index (χ3n) is 5.39.